The van der Waals surface area contributed by atoms with Gasteiger partial charge in [0.1, 0.15) is 0 Å². The lowest BCUT2D eigenvalue weighted by Crippen LogP contribution is -2.12. The first-order valence-electron chi connectivity index (χ1n) is 5.82. The van der Waals surface area contributed by atoms with Crippen LogP contribution in [0.4, 0.5) is 5.69 Å². The number of nitro benzene ring substituents is 1. The predicted molar refractivity (Wildman–Crippen MR) is 76.9 cm³/mol. The molecule has 0 saturated carbocycles. The van der Waals surface area contributed by atoms with E-state index in [1.807, 2.05) is 29.8 Å². The van der Waals surface area contributed by atoms with Crippen molar-refractivity contribution in [2.75, 3.05) is 0 Å². The molecular weight excluding hydrogens is 310 g/mol. The van der Waals surface area contributed by atoms with Crippen LogP contribution in [0.1, 0.15) is 24.2 Å². The Morgan fingerprint density at radius 2 is 2.21 bits per heavy atom. The zero-order valence-electron chi connectivity index (χ0n) is 10.4. The molecule has 1 atom stereocenters. The van der Waals surface area contributed by atoms with Gasteiger partial charge < -0.3 is 10.3 Å². The molecule has 1 aromatic carbocycles. The number of rotatable bonds is 4. The second kappa shape index (κ2) is 5.54. The third-order valence-corrected chi connectivity index (χ3v) is 3.66. The Morgan fingerprint density at radius 1 is 1.47 bits per heavy atom. The van der Waals surface area contributed by atoms with Gasteiger partial charge in [0.05, 0.1) is 4.92 Å². The third-order valence-electron chi connectivity index (χ3n) is 2.92. The minimum absolute atomic E-state index is 0.0492. The van der Waals surface area contributed by atoms with Crippen molar-refractivity contribution in [2.24, 2.45) is 5.73 Å². The fourth-order valence-electron chi connectivity index (χ4n) is 1.95. The lowest BCUT2D eigenvalue weighted by Gasteiger charge is -2.13. The highest BCUT2D eigenvalue weighted by molar-refractivity contribution is 9.10. The summed E-state index contributed by atoms with van der Waals surface area (Å²) in [5.41, 5.74) is 7.98. The molecule has 1 heterocycles. The molecule has 2 N–H and O–H groups in total. The average Bonchev–Trinajstić information content (AvgIpc) is 2.79. The van der Waals surface area contributed by atoms with E-state index >= 15 is 0 Å². The van der Waals surface area contributed by atoms with Crippen LogP contribution in [0.2, 0.25) is 0 Å². The monoisotopic (exact) mass is 323 g/mol. The van der Waals surface area contributed by atoms with Crippen molar-refractivity contribution in [3.8, 4) is 0 Å². The molecule has 0 amide bonds. The number of nitro groups is 1. The van der Waals surface area contributed by atoms with E-state index in [2.05, 4.69) is 15.9 Å². The molecule has 6 heteroatoms. The van der Waals surface area contributed by atoms with Crippen LogP contribution in [-0.2, 0) is 6.54 Å². The van der Waals surface area contributed by atoms with Gasteiger partial charge in [-0.2, -0.15) is 0 Å². The summed E-state index contributed by atoms with van der Waals surface area (Å²) in [6, 6.07) is 8.65. The second-order valence-corrected chi connectivity index (χ2v) is 5.24. The fraction of sp³-hybridized carbons (Fsp3) is 0.231. The van der Waals surface area contributed by atoms with Crippen LogP contribution in [0.5, 0.6) is 0 Å². The van der Waals surface area contributed by atoms with Crippen LogP contribution >= 0.6 is 15.9 Å². The number of halogens is 1. The smallest absolute Gasteiger partial charge is 0.270 e. The first-order chi connectivity index (χ1) is 8.99. The summed E-state index contributed by atoms with van der Waals surface area (Å²) in [6.07, 6.45) is 1.95. The van der Waals surface area contributed by atoms with Crippen molar-refractivity contribution < 1.29 is 4.92 Å². The van der Waals surface area contributed by atoms with Gasteiger partial charge in [-0.1, -0.05) is 15.9 Å². The molecule has 0 radical (unpaired) electrons. The van der Waals surface area contributed by atoms with E-state index in [-0.39, 0.29) is 11.7 Å². The van der Waals surface area contributed by atoms with Crippen molar-refractivity contribution in [3.63, 3.8) is 0 Å². The molecule has 19 heavy (non-hydrogen) atoms. The van der Waals surface area contributed by atoms with E-state index in [4.69, 9.17) is 5.73 Å². The van der Waals surface area contributed by atoms with Crippen molar-refractivity contribution >= 4 is 21.6 Å². The van der Waals surface area contributed by atoms with Gasteiger partial charge in [-0.3, -0.25) is 10.1 Å². The molecule has 0 saturated heterocycles. The Morgan fingerprint density at radius 3 is 2.79 bits per heavy atom. The molecule has 0 aliphatic heterocycles. The summed E-state index contributed by atoms with van der Waals surface area (Å²) >= 11 is 3.37. The van der Waals surface area contributed by atoms with E-state index in [1.165, 1.54) is 12.1 Å². The number of hydrogen-bond donors (Lipinski definition) is 1. The lowest BCUT2D eigenvalue weighted by molar-refractivity contribution is -0.384. The van der Waals surface area contributed by atoms with Gasteiger partial charge in [0.15, 0.2) is 0 Å². The Labute approximate surface area is 119 Å². The zero-order valence-corrected chi connectivity index (χ0v) is 12.0. The summed E-state index contributed by atoms with van der Waals surface area (Å²) < 4.78 is 2.77. The maximum absolute atomic E-state index is 10.7. The predicted octanol–water partition coefficient (Wildman–Crippen LogP) is 3.23. The molecule has 0 fully saturated rings. The summed E-state index contributed by atoms with van der Waals surface area (Å²) in [5.74, 6) is 0. The van der Waals surface area contributed by atoms with Gasteiger partial charge >= 0.3 is 0 Å². The van der Waals surface area contributed by atoms with Crippen LogP contribution in [0.25, 0.3) is 0 Å². The van der Waals surface area contributed by atoms with E-state index < -0.39 is 4.92 Å². The topological polar surface area (TPSA) is 74.1 Å². The molecule has 0 bridgehead atoms. The zero-order chi connectivity index (χ0) is 14.0. The van der Waals surface area contributed by atoms with E-state index in [1.54, 1.807) is 6.07 Å². The number of benzene rings is 1. The molecule has 0 aliphatic rings. The Balaban J connectivity index is 2.28. The molecule has 100 valence electrons. The highest BCUT2D eigenvalue weighted by Gasteiger charge is 2.11. The van der Waals surface area contributed by atoms with Crippen LogP contribution in [0, 0.1) is 10.1 Å². The number of nitrogens with zero attached hydrogens (tertiary/aromatic N) is 2. The molecule has 1 aromatic heterocycles. The summed E-state index contributed by atoms with van der Waals surface area (Å²) in [7, 11) is 0. The number of nitrogens with two attached hydrogens (primary N) is 1. The lowest BCUT2D eigenvalue weighted by atomic mass is 10.2. The van der Waals surface area contributed by atoms with Gasteiger partial charge in [0, 0.05) is 41.1 Å². The molecule has 1 unspecified atom stereocenters. The standard InChI is InChI=1S/C13H14BrN3O2/c1-9(15)13-3-2-6-16(13)8-10-4-5-11(17(18)19)7-12(10)14/h2-7,9H,8,15H2,1H3. The van der Waals surface area contributed by atoms with Gasteiger partial charge in [0.25, 0.3) is 5.69 Å². The number of non-ortho nitro benzene ring substituents is 1. The highest BCUT2D eigenvalue weighted by Crippen LogP contribution is 2.24. The Bertz CT molecular complexity index is 608. The van der Waals surface area contributed by atoms with Gasteiger partial charge in [-0.25, -0.2) is 0 Å². The Hall–Kier alpha value is -1.66. The molecule has 5 nitrogen and oxygen atoms in total. The summed E-state index contributed by atoms with van der Waals surface area (Å²) in [6.45, 7) is 2.55. The van der Waals surface area contributed by atoms with Crippen LogP contribution in [-0.4, -0.2) is 9.49 Å². The first-order valence-corrected chi connectivity index (χ1v) is 6.62. The minimum atomic E-state index is -0.405. The molecule has 2 rings (SSSR count). The molecular formula is C13H14BrN3O2. The maximum Gasteiger partial charge on any atom is 0.270 e. The van der Waals surface area contributed by atoms with Crippen molar-refractivity contribution in [2.45, 2.75) is 19.5 Å². The SMILES string of the molecule is CC(N)c1cccn1Cc1ccc([N+](=O)[O-])cc1Br. The normalized spacial score (nSPS) is 12.4. The minimum Gasteiger partial charge on any atom is -0.346 e. The fourth-order valence-corrected chi connectivity index (χ4v) is 2.44. The maximum atomic E-state index is 10.7. The highest BCUT2D eigenvalue weighted by atomic mass is 79.9. The summed E-state index contributed by atoms with van der Waals surface area (Å²) in [4.78, 5) is 10.3. The van der Waals surface area contributed by atoms with Crippen LogP contribution in [0.3, 0.4) is 0 Å². The van der Waals surface area contributed by atoms with Gasteiger partial charge in [0.2, 0.25) is 0 Å². The van der Waals surface area contributed by atoms with Crippen molar-refractivity contribution in [1.29, 1.82) is 0 Å². The molecule has 0 aliphatic carbocycles. The van der Waals surface area contributed by atoms with E-state index in [9.17, 15) is 10.1 Å². The van der Waals surface area contributed by atoms with Gasteiger partial charge in [-0.15, -0.1) is 0 Å². The van der Waals surface area contributed by atoms with E-state index in [0.29, 0.717) is 6.54 Å². The van der Waals surface area contributed by atoms with Crippen molar-refractivity contribution in [1.82, 2.24) is 4.57 Å². The molecule has 2 aromatic rings. The number of hydrogen-bond acceptors (Lipinski definition) is 3. The second-order valence-electron chi connectivity index (χ2n) is 4.38. The number of aromatic nitrogens is 1. The van der Waals surface area contributed by atoms with Crippen LogP contribution < -0.4 is 5.73 Å². The summed E-state index contributed by atoms with van der Waals surface area (Å²) in [5, 5.41) is 10.7. The third kappa shape index (κ3) is 3.02. The van der Waals surface area contributed by atoms with Crippen LogP contribution in [0.15, 0.2) is 41.0 Å². The van der Waals surface area contributed by atoms with Gasteiger partial charge in [-0.05, 0) is 30.7 Å². The molecule has 0 spiro atoms. The average molecular weight is 324 g/mol. The van der Waals surface area contributed by atoms with Crippen molar-refractivity contribution in [3.05, 3.63) is 62.4 Å². The first kappa shape index (κ1) is 13.8. The Kier molecular flexibility index (Phi) is 4.01. The largest absolute Gasteiger partial charge is 0.346 e. The van der Waals surface area contributed by atoms with E-state index in [0.717, 1.165) is 15.7 Å². The quantitative estimate of drug-likeness (QED) is 0.693.